The molecule has 4 nitrogen and oxygen atoms in total. The number of pyridine rings is 1. The average molecular weight is 429 g/mol. The molecule has 2 heterocycles. The molecule has 3 aromatic rings. The molecule has 2 aromatic carbocycles. The number of benzene rings is 2. The molecule has 1 aromatic heterocycles. The maximum Gasteiger partial charge on any atom is 0.213 e. The Morgan fingerprint density at radius 1 is 1.00 bits per heavy atom. The number of rotatable bonds is 6. The van der Waals surface area contributed by atoms with E-state index in [1.54, 1.807) is 0 Å². The number of halogens is 2. The summed E-state index contributed by atoms with van der Waals surface area (Å²) in [4.78, 5) is 6.90. The van der Waals surface area contributed by atoms with Crippen LogP contribution in [0.2, 0.25) is 10.0 Å². The van der Waals surface area contributed by atoms with Crippen LogP contribution >= 0.6 is 23.2 Å². The highest BCUT2D eigenvalue weighted by atomic mass is 35.5. The van der Waals surface area contributed by atoms with Crippen molar-refractivity contribution in [3.05, 3.63) is 81.5 Å². The lowest BCUT2D eigenvalue weighted by Crippen LogP contribution is -2.33. The largest absolute Gasteiger partial charge is 0.473 e. The molecule has 0 unspecified atom stereocenters. The van der Waals surface area contributed by atoms with Crippen molar-refractivity contribution in [2.75, 3.05) is 19.7 Å². The molecule has 29 heavy (non-hydrogen) atoms. The smallest absolute Gasteiger partial charge is 0.213 e. The molecule has 150 valence electrons. The maximum absolute atomic E-state index is 9.12. The third kappa shape index (κ3) is 4.57. The number of aliphatic hydroxyl groups excluding tert-OH is 1. The van der Waals surface area contributed by atoms with Gasteiger partial charge in [0.05, 0.1) is 17.3 Å². The standard InChI is InChI=1S/C23H22Cl2N2O2/c24-20-7-2-1-5-18(20)19-6-3-4-17(23(19)25)15-29-22-9-8-16-14-27(12-13-28)11-10-21(16)26-22/h1-9,28H,10-15H2. The van der Waals surface area contributed by atoms with Gasteiger partial charge in [-0.25, -0.2) is 4.98 Å². The lowest BCUT2D eigenvalue weighted by Gasteiger charge is -2.27. The molecule has 0 aliphatic carbocycles. The summed E-state index contributed by atoms with van der Waals surface area (Å²) < 4.78 is 5.95. The summed E-state index contributed by atoms with van der Waals surface area (Å²) in [7, 11) is 0. The summed E-state index contributed by atoms with van der Waals surface area (Å²) in [5.74, 6) is 0.596. The summed E-state index contributed by atoms with van der Waals surface area (Å²) in [6.45, 7) is 2.92. The second kappa shape index (κ2) is 9.14. The molecular formula is C23H22Cl2N2O2. The number of hydrogen-bond acceptors (Lipinski definition) is 4. The Bertz CT molecular complexity index is 1010. The number of ether oxygens (including phenoxy) is 1. The molecule has 1 N–H and O–H groups in total. The van der Waals surface area contributed by atoms with Crippen molar-refractivity contribution in [2.45, 2.75) is 19.6 Å². The van der Waals surface area contributed by atoms with Crippen molar-refractivity contribution in [1.82, 2.24) is 9.88 Å². The van der Waals surface area contributed by atoms with Crippen LogP contribution in [0.3, 0.4) is 0 Å². The van der Waals surface area contributed by atoms with E-state index in [-0.39, 0.29) is 6.61 Å². The van der Waals surface area contributed by atoms with Gasteiger partial charge >= 0.3 is 0 Å². The van der Waals surface area contributed by atoms with E-state index >= 15 is 0 Å². The van der Waals surface area contributed by atoms with Crippen LogP contribution in [-0.2, 0) is 19.6 Å². The molecule has 4 rings (SSSR count). The van der Waals surface area contributed by atoms with Crippen LogP contribution in [0.1, 0.15) is 16.8 Å². The monoisotopic (exact) mass is 428 g/mol. The van der Waals surface area contributed by atoms with E-state index in [0.29, 0.717) is 29.1 Å². The van der Waals surface area contributed by atoms with Crippen LogP contribution in [0.4, 0.5) is 0 Å². The van der Waals surface area contributed by atoms with Crippen LogP contribution < -0.4 is 4.74 Å². The second-order valence-corrected chi connectivity index (χ2v) is 7.84. The zero-order chi connectivity index (χ0) is 20.2. The Hall–Kier alpha value is -2.11. The van der Waals surface area contributed by atoms with E-state index in [2.05, 4.69) is 16.0 Å². The quantitative estimate of drug-likeness (QED) is 0.600. The van der Waals surface area contributed by atoms with Gasteiger partial charge in [0, 0.05) is 53.8 Å². The van der Waals surface area contributed by atoms with E-state index in [0.717, 1.165) is 41.9 Å². The van der Waals surface area contributed by atoms with Crippen LogP contribution in [0.25, 0.3) is 11.1 Å². The molecule has 6 heteroatoms. The minimum Gasteiger partial charge on any atom is -0.473 e. The van der Waals surface area contributed by atoms with Gasteiger partial charge in [0.25, 0.3) is 0 Å². The average Bonchev–Trinajstić information content (AvgIpc) is 2.74. The Morgan fingerprint density at radius 3 is 2.66 bits per heavy atom. The fourth-order valence-electron chi connectivity index (χ4n) is 3.60. The normalized spacial score (nSPS) is 13.9. The van der Waals surface area contributed by atoms with Gasteiger partial charge in [-0.05, 0) is 11.6 Å². The number of aromatic nitrogens is 1. The lowest BCUT2D eigenvalue weighted by molar-refractivity contribution is 0.183. The molecule has 0 saturated heterocycles. The minimum absolute atomic E-state index is 0.179. The lowest BCUT2D eigenvalue weighted by atomic mass is 10.0. The fraction of sp³-hybridized carbons (Fsp3) is 0.261. The van der Waals surface area contributed by atoms with E-state index < -0.39 is 0 Å². The van der Waals surface area contributed by atoms with E-state index in [1.807, 2.05) is 48.5 Å². The van der Waals surface area contributed by atoms with Gasteiger partial charge in [-0.3, -0.25) is 4.90 Å². The molecular weight excluding hydrogens is 407 g/mol. The van der Waals surface area contributed by atoms with Gasteiger partial charge in [-0.2, -0.15) is 0 Å². The molecule has 0 spiro atoms. The van der Waals surface area contributed by atoms with Crippen molar-refractivity contribution in [1.29, 1.82) is 0 Å². The molecule has 1 aliphatic heterocycles. The van der Waals surface area contributed by atoms with Crippen LogP contribution in [0.5, 0.6) is 5.88 Å². The van der Waals surface area contributed by atoms with Crippen molar-refractivity contribution in [2.24, 2.45) is 0 Å². The van der Waals surface area contributed by atoms with Gasteiger partial charge in [0.1, 0.15) is 6.61 Å². The van der Waals surface area contributed by atoms with Crippen molar-refractivity contribution < 1.29 is 9.84 Å². The second-order valence-electron chi connectivity index (χ2n) is 7.05. The zero-order valence-electron chi connectivity index (χ0n) is 15.9. The summed E-state index contributed by atoms with van der Waals surface area (Å²) in [6, 6.07) is 17.5. The van der Waals surface area contributed by atoms with Crippen molar-refractivity contribution >= 4 is 23.2 Å². The summed E-state index contributed by atoms with van der Waals surface area (Å²) in [6.07, 6.45) is 0.856. The number of β-amino-alcohol motifs (C(OH)–C–C–N with tert-alkyl or cyclic N) is 1. The fourth-order valence-corrected chi connectivity index (χ4v) is 4.12. The Balaban J connectivity index is 1.49. The predicted molar refractivity (Wildman–Crippen MR) is 117 cm³/mol. The Kier molecular flexibility index (Phi) is 6.36. The summed E-state index contributed by atoms with van der Waals surface area (Å²) in [5, 5.41) is 10.4. The Morgan fingerprint density at radius 2 is 1.83 bits per heavy atom. The first-order valence-corrected chi connectivity index (χ1v) is 10.4. The highest BCUT2D eigenvalue weighted by Crippen LogP contribution is 2.35. The van der Waals surface area contributed by atoms with Crippen molar-refractivity contribution in [3.8, 4) is 17.0 Å². The predicted octanol–water partition coefficient (Wildman–Crippen LogP) is 4.98. The zero-order valence-corrected chi connectivity index (χ0v) is 17.5. The SMILES string of the molecule is OCCN1CCc2nc(OCc3cccc(-c4ccccc4Cl)c3Cl)ccc2C1. The Labute approximate surface area is 180 Å². The van der Waals surface area contributed by atoms with Crippen LogP contribution in [-0.4, -0.2) is 34.7 Å². The molecule has 0 fully saturated rings. The third-order valence-corrected chi connectivity index (χ3v) is 5.91. The van der Waals surface area contributed by atoms with Gasteiger partial charge in [0.2, 0.25) is 5.88 Å². The molecule has 0 amide bonds. The molecule has 0 atom stereocenters. The molecule has 0 radical (unpaired) electrons. The first-order chi connectivity index (χ1) is 14.2. The van der Waals surface area contributed by atoms with Crippen LogP contribution in [0, 0.1) is 0 Å². The number of aliphatic hydroxyl groups is 1. The van der Waals surface area contributed by atoms with Crippen LogP contribution in [0.15, 0.2) is 54.6 Å². The first-order valence-electron chi connectivity index (χ1n) is 9.63. The first kappa shape index (κ1) is 20.2. The summed E-state index contributed by atoms with van der Waals surface area (Å²) in [5.41, 5.74) is 4.93. The number of fused-ring (bicyclic) bond motifs is 1. The van der Waals surface area contributed by atoms with E-state index in [1.165, 1.54) is 5.56 Å². The summed E-state index contributed by atoms with van der Waals surface area (Å²) >= 11 is 13.0. The van der Waals surface area contributed by atoms with E-state index in [9.17, 15) is 0 Å². The van der Waals surface area contributed by atoms with Crippen molar-refractivity contribution in [3.63, 3.8) is 0 Å². The molecule has 0 bridgehead atoms. The van der Waals surface area contributed by atoms with Gasteiger partial charge in [0.15, 0.2) is 0 Å². The topological polar surface area (TPSA) is 45.6 Å². The number of hydrogen-bond donors (Lipinski definition) is 1. The minimum atomic E-state index is 0.179. The van der Waals surface area contributed by atoms with Gasteiger partial charge < -0.3 is 9.84 Å². The maximum atomic E-state index is 9.12. The highest BCUT2D eigenvalue weighted by molar-refractivity contribution is 6.36. The van der Waals surface area contributed by atoms with Gasteiger partial charge in [-0.1, -0.05) is 65.7 Å². The molecule has 0 saturated carbocycles. The highest BCUT2D eigenvalue weighted by Gasteiger charge is 2.18. The third-order valence-electron chi connectivity index (χ3n) is 5.14. The molecule has 1 aliphatic rings. The van der Waals surface area contributed by atoms with E-state index in [4.69, 9.17) is 33.0 Å². The number of nitrogens with zero attached hydrogens (tertiary/aromatic N) is 2. The van der Waals surface area contributed by atoms with Gasteiger partial charge in [-0.15, -0.1) is 0 Å².